The Morgan fingerprint density at radius 3 is 3.00 bits per heavy atom. The molecule has 0 aromatic carbocycles. The lowest BCUT2D eigenvalue weighted by molar-refractivity contribution is 0.0973. The molecule has 3 rings (SSSR count). The predicted molar refractivity (Wildman–Crippen MR) is 62.0 cm³/mol. The number of Topliss-reactive ketones (excluding diaryl/α,β-unsaturated/α-hetero) is 1. The fourth-order valence-electron chi connectivity index (χ4n) is 2.34. The van der Waals surface area contributed by atoms with Crippen LogP contribution in [0.2, 0.25) is 0 Å². The summed E-state index contributed by atoms with van der Waals surface area (Å²) < 4.78 is 7.18. The van der Waals surface area contributed by atoms with Gasteiger partial charge in [0.15, 0.2) is 11.5 Å². The van der Waals surface area contributed by atoms with Gasteiger partial charge in [-0.15, -0.1) is 0 Å². The highest BCUT2D eigenvalue weighted by molar-refractivity contribution is 5.98. The molecule has 2 heterocycles. The molecular formula is C13H14N2O2. The minimum Gasteiger partial charge on any atom is -0.359 e. The molecule has 0 fully saturated rings. The van der Waals surface area contributed by atoms with Crippen LogP contribution in [-0.4, -0.2) is 15.5 Å². The maximum absolute atomic E-state index is 11.7. The van der Waals surface area contributed by atoms with Crippen molar-refractivity contribution in [2.24, 2.45) is 0 Å². The topological polar surface area (TPSA) is 48.0 Å². The van der Waals surface area contributed by atoms with Crippen molar-refractivity contribution in [3.8, 4) is 0 Å². The highest BCUT2D eigenvalue weighted by Gasteiger charge is 2.19. The molecule has 0 N–H and O–H groups in total. The van der Waals surface area contributed by atoms with Crippen LogP contribution in [0, 0.1) is 6.92 Å². The van der Waals surface area contributed by atoms with E-state index >= 15 is 0 Å². The van der Waals surface area contributed by atoms with Gasteiger partial charge in [0.25, 0.3) is 0 Å². The summed E-state index contributed by atoms with van der Waals surface area (Å²) in [5.41, 5.74) is 2.93. The van der Waals surface area contributed by atoms with Crippen LogP contribution in [0.15, 0.2) is 23.0 Å². The summed E-state index contributed by atoms with van der Waals surface area (Å²) in [6.07, 6.45) is 6.62. The molecule has 0 atom stereocenters. The molecular weight excluding hydrogens is 216 g/mol. The SMILES string of the molecule is Cc1cc(Cn2cc3c(c2)C(=O)CCC3)on1. The van der Waals surface area contributed by atoms with Crippen LogP contribution in [0.3, 0.4) is 0 Å². The standard InChI is InChI=1S/C13H14N2O2/c1-9-5-11(17-14-9)7-15-6-10-3-2-4-13(16)12(10)8-15/h5-6,8H,2-4,7H2,1H3. The normalized spacial score (nSPS) is 15.0. The first-order chi connectivity index (χ1) is 8.22. The molecule has 0 spiro atoms. The van der Waals surface area contributed by atoms with E-state index in [2.05, 4.69) is 5.16 Å². The van der Waals surface area contributed by atoms with Crippen LogP contribution >= 0.6 is 0 Å². The number of rotatable bonds is 2. The molecule has 0 aliphatic heterocycles. The molecule has 2 aromatic rings. The third-order valence-corrected chi connectivity index (χ3v) is 3.13. The fraction of sp³-hybridized carbons (Fsp3) is 0.385. The Bertz CT molecular complexity index is 566. The van der Waals surface area contributed by atoms with Crippen molar-refractivity contribution < 1.29 is 9.32 Å². The first-order valence-electron chi connectivity index (χ1n) is 5.86. The number of aryl methyl sites for hydroxylation is 2. The summed E-state index contributed by atoms with van der Waals surface area (Å²) in [6, 6.07) is 1.92. The van der Waals surface area contributed by atoms with E-state index in [1.54, 1.807) is 0 Å². The van der Waals surface area contributed by atoms with Gasteiger partial charge >= 0.3 is 0 Å². The molecule has 88 valence electrons. The second-order valence-corrected chi connectivity index (χ2v) is 4.58. The first kappa shape index (κ1) is 10.3. The zero-order valence-electron chi connectivity index (χ0n) is 9.77. The molecule has 0 amide bonds. The van der Waals surface area contributed by atoms with Gasteiger partial charge in [0, 0.05) is 30.4 Å². The van der Waals surface area contributed by atoms with Crippen LogP contribution in [0.4, 0.5) is 0 Å². The lowest BCUT2D eigenvalue weighted by Crippen LogP contribution is -2.07. The first-order valence-corrected chi connectivity index (χ1v) is 5.86. The molecule has 4 nitrogen and oxygen atoms in total. The minimum atomic E-state index is 0.263. The summed E-state index contributed by atoms with van der Waals surface area (Å²) in [4.78, 5) is 11.7. The van der Waals surface area contributed by atoms with Crippen LogP contribution in [0.5, 0.6) is 0 Å². The number of carbonyl (C=O) groups is 1. The van der Waals surface area contributed by atoms with Gasteiger partial charge in [-0.1, -0.05) is 5.16 Å². The van der Waals surface area contributed by atoms with Crippen molar-refractivity contribution in [2.45, 2.75) is 32.7 Å². The van der Waals surface area contributed by atoms with Gasteiger partial charge in [0.2, 0.25) is 0 Å². The number of ketones is 1. The summed E-state index contributed by atoms with van der Waals surface area (Å²) >= 11 is 0. The number of hydrogen-bond donors (Lipinski definition) is 0. The Kier molecular flexibility index (Phi) is 2.35. The van der Waals surface area contributed by atoms with E-state index in [0.717, 1.165) is 35.4 Å². The third kappa shape index (κ3) is 1.90. The Labute approximate surface area is 99.2 Å². The van der Waals surface area contributed by atoms with Crippen LogP contribution in [-0.2, 0) is 13.0 Å². The van der Waals surface area contributed by atoms with Gasteiger partial charge in [0.05, 0.1) is 12.2 Å². The zero-order valence-corrected chi connectivity index (χ0v) is 9.77. The highest BCUT2D eigenvalue weighted by atomic mass is 16.5. The molecule has 0 saturated carbocycles. The van der Waals surface area contributed by atoms with Crippen molar-refractivity contribution in [1.82, 2.24) is 9.72 Å². The second kappa shape index (κ2) is 3.87. The quantitative estimate of drug-likeness (QED) is 0.795. The number of fused-ring (bicyclic) bond motifs is 1. The van der Waals surface area contributed by atoms with Crippen LogP contribution < -0.4 is 0 Å². The predicted octanol–water partition coefficient (Wildman–Crippen LogP) is 2.35. The number of aromatic nitrogens is 2. The van der Waals surface area contributed by atoms with E-state index in [1.165, 1.54) is 0 Å². The van der Waals surface area contributed by atoms with E-state index in [9.17, 15) is 4.79 Å². The van der Waals surface area contributed by atoms with Gasteiger partial charge < -0.3 is 9.09 Å². The monoisotopic (exact) mass is 230 g/mol. The van der Waals surface area contributed by atoms with E-state index in [4.69, 9.17) is 4.52 Å². The Morgan fingerprint density at radius 2 is 2.29 bits per heavy atom. The number of carbonyl (C=O) groups excluding carboxylic acids is 1. The van der Waals surface area contributed by atoms with E-state index < -0.39 is 0 Å². The Hall–Kier alpha value is -1.84. The Morgan fingerprint density at radius 1 is 1.41 bits per heavy atom. The molecule has 17 heavy (non-hydrogen) atoms. The van der Waals surface area contributed by atoms with Gasteiger partial charge in [0.1, 0.15) is 0 Å². The lowest BCUT2D eigenvalue weighted by atomic mass is 9.95. The smallest absolute Gasteiger partial charge is 0.164 e. The average Bonchev–Trinajstić information content (AvgIpc) is 2.86. The third-order valence-electron chi connectivity index (χ3n) is 3.13. The summed E-state index contributed by atoms with van der Waals surface area (Å²) in [5.74, 6) is 1.08. The van der Waals surface area contributed by atoms with E-state index in [0.29, 0.717) is 13.0 Å². The van der Waals surface area contributed by atoms with Crippen molar-refractivity contribution >= 4 is 5.78 Å². The number of nitrogens with zero attached hydrogens (tertiary/aromatic N) is 2. The van der Waals surface area contributed by atoms with Crippen LogP contribution in [0.25, 0.3) is 0 Å². The van der Waals surface area contributed by atoms with Crippen LogP contribution in [0.1, 0.15) is 40.2 Å². The summed E-state index contributed by atoms with van der Waals surface area (Å²) in [7, 11) is 0. The molecule has 1 aliphatic rings. The molecule has 0 bridgehead atoms. The van der Waals surface area contributed by atoms with Gasteiger partial charge in [-0.3, -0.25) is 4.79 Å². The Balaban J connectivity index is 1.87. The van der Waals surface area contributed by atoms with Crippen molar-refractivity contribution in [2.75, 3.05) is 0 Å². The van der Waals surface area contributed by atoms with Gasteiger partial charge in [-0.05, 0) is 25.3 Å². The second-order valence-electron chi connectivity index (χ2n) is 4.58. The van der Waals surface area contributed by atoms with Crippen molar-refractivity contribution in [3.63, 3.8) is 0 Å². The largest absolute Gasteiger partial charge is 0.359 e. The minimum absolute atomic E-state index is 0.263. The summed E-state index contributed by atoms with van der Waals surface area (Å²) in [5, 5.41) is 3.85. The van der Waals surface area contributed by atoms with Crippen molar-refractivity contribution in [1.29, 1.82) is 0 Å². The number of hydrogen-bond acceptors (Lipinski definition) is 3. The lowest BCUT2D eigenvalue weighted by Gasteiger charge is -2.07. The zero-order chi connectivity index (χ0) is 11.8. The fourth-order valence-corrected chi connectivity index (χ4v) is 2.34. The molecule has 1 aliphatic carbocycles. The molecule has 2 aromatic heterocycles. The van der Waals surface area contributed by atoms with E-state index in [1.807, 2.05) is 30.0 Å². The molecule has 4 heteroatoms. The molecule has 0 radical (unpaired) electrons. The van der Waals surface area contributed by atoms with E-state index in [-0.39, 0.29) is 5.78 Å². The van der Waals surface area contributed by atoms with Crippen molar-refractivity contribution in [3.05, 3.63) is 41.0 Å². The maximum atomic E-state index is 11.7. The van der Waals surface area contributed by atoms with Gasteiger partial charge in [-0.2, -0.15) is 0 Å². The maximum Gasteiger partial charge on any atom is 0.164 e. The molecule has 0 saturated heterocycles. The summed E-state index contributed by atoms with van der Waals surface area (Å²) in [6.45, 7) is 2.54. The average molecular weight is 230 g/mol. The highest BCUT2D eigenvalue weighted by Crippen LogP contribution is 2.22. The van der Waals surface area contributed by atoms with Gasteiger partial charge in [-0.25, -0.2) is 0 Å². The molecule has 0 unspecified atom stereocenters.